The number of aliphatic hydroxyl groups excluding tert-OH is 1. The van der Waals surface area contributed by atoms with Crippen LogP contribution in [0, 0.1) is 12.3 Å². The molecule has 44 heavy (non-hydrogen) atoms. The van der Waals surface area contributed by atoms with Crippen LogP contribution in [0.3, 0.4) is 0 Å². The molecule has 1 saturated heterocycles. The maximum Gasteiger partial charge on any atom is 0.308 e. The Morgan fingerprint density at radius 3 is 2.32 bits per heavy atom. The van der Waals surface area contributed by atoms with Gasteiger partial charge < -0.3 is 30.1 Å². The molecule has 3 amide bonds. The van der Waals surface area contributed by atoms with Crippen molar-refractivity contribution in [3.8, 4) is 10.4 Å². The lowest BCUT2D eigenvalue weighted by Crippen LogP contribution is -2.57. The van der Waals surface area contributed by atoms with E-state index in [2.05, 4.69) is 15.6 Å². The van der Waals surface area contributed by atoms with Crippen LogP contribution in [0.25, 0.3) is 10.4 Å². The van der Waals surface area contributed by atoms with E-state index in [9.17, 15) is 24.3 Å². The number of rotatable bonds is 12. The summed E-state index contributed by atoms with van der Waals surface area (Å²) in [6.45, 7) is 13.2. The number of aromatic nitrogens is 1. The fourth-order valence-corrected chi connectivity index (χ4v) is 5.64. The number of amides is 3. The van der Waals surface area contributed by atoms with Crippen LogP contribution in [0.1, 0.15) is 72.1 Å². The molecule has 1 aromatic carbocycles. The minimum absolute atomic E-state index is 0.00392. The van der Waals surface area contributed by atoms with Gasteiger partial charge in [-0.05, 0) is 44.2 Å². The molecule has 242 valence electrons. The van der Waals surface area contributed by atoms with E-state index in [1.54, 1.807) is 32.1 Å². The van der Waals surface area contributed by atoms with Gasteiger partial charge in [0.05, 0.1) is 41.8 Å². The Kier molecular flexibility index (Phi) is 12.0. The molecule has 3 N–H and O–H groups in total. The van der Waals surface area contributed by atoms with Gasteiger partial charge in [-0.3, -0.25) is 19.2 Å². The smallest absolute Gasteiger partial charge is 0.308 e. The highest BCUT2D eigenvalue weighted by Gasteiger charge is 2.44. The monoisotopic (exact) mass is 630 g/mol. The number of aryl methyl sites for hydroxylation is 1. The summed E-state index contributed by atoms with van der Waals surface area (Å²) in [7, 11) is 0. The number of thiazole rings is 1. The molecule has 1 unspecified atom stereocenters. The molecule has 2 aromatic rings. The van der Waals surface area contributed by atoms with E-state index in [1.165, 1.54) is 4.90 Å². The molecule has 1 aliphatic rings. The fourth-order valence-electron chi connectivity index (χ4n) is 4.83. The van der Waals surface area contributed by atoms with Gasteiger partial charge in [0.15, 0.2) is 0 Å². The van der Waals surface area contributed by atoms with E-state index >= 15 is 0 Å². The number of nitrogens with one attached hydrogen (secondary N) is 2. The second-order valence-corrected chi connectivity index (χ2v) is 14.0. The molecule has 0 radical (unpaired) electrons. The van der Waals surface area contributed by atoms with E-state index in [0.29, 0.717) is 0 Å². The Morgan fingerprint density at radius 1 is 1.07 bits per heavy atom. The van der Waals surface area contributed by atoms with Crippen LogP contribution in [0.4, 0.5) is 0 Å². The maximum absolute atomic E-state index is 13.7. The van der Waals surface area contributed by atoms with E-state index in [-0.39, 0.29) is 57.4 Å². The van der Waals surface area contributed by atoms with Crippen LogP contribution in [0.5, 0.6) is 0 Å². The van der Waals surface area contributed by atoms with Gasteiger partial charge in [0.2, 0.25) is 17.7 Å². The molecule has 3 rings (SSSR count). The predicted octanol–water partition coefficient (Wildman–Crippen LogP) is 3.37. The second-order valence-electron chi connectivity index (χ2n) is 13.1. The molecule has 0 spiro atoms. The molecule has 1 fully saturated rings. The second kappa shape index (κ2) is 15.1. The van der Waals surface area contributed by atoms with E-state index in [0.717, 1.165) is 21.7 Å². The minimum atomic E-state index is -0.930. The highest BCUT2D eigenvalue weighted by molar-refractivity contribution is 7.13. The molecule has 11 nitrogen and oxygen atoms in total. The van der Waals surface area contributed by atoms with Gasteiger partial charge in [0.1, 0.15) is 17.7 Å². The van der Waals surface area contributed by atoms with E-state index in [4.69, 9.17) is 9.47 Å². The summed E-state index contributed by atoms with van der Waals surface area (Å²) in [5.74, 6) is -1.58. The standard InChI is InChI=1S/C32H46N4O7S/c1-20-27(44-19-34-20)22-10-8-21(9-11-22)17-33-29(40)24-16-23(37)18-36(24)30(41)28(31(2,3)4)35-25(38)12-14-42-15-13-26(39)43-32(5,6)7/h8-11,19,23-24,28,37H,12-18H2,1-7H3,(H,33,40)(H,35,38)/t23-,24+,28?/m1/s1. The zero-order valence-electron chi connectivity index (χ0n) is 26.8. The Labute approximate surface area is 263 Å². The number of carbonyl (C=O) groups excluding carboxylic acids is 4. The third-order valence-electron chi connectivity index (χ3n) is 7.06. The molecular weight excluding hydrogens is 584 g/mol. The maximum atomic E-state index is 13.7. The lowest BCUT2D eigenvalue weighted by molar-refractivity contribution is -0.156. The first-order valence-corrected chi connectivity index (χ1v) is 15.8. The van der Waals surface area contributed by atoms with Gasteiger partial charge >= 0.3 is 5.97 Å². The lowest BCUT2D eigenvalue weighted by Gasteiger charge is -2.35. The van der Waals surface area contributed by atoms with Crippen molar-refractivity contribution in [1.82, 2.24) is 20.5 Å². The van der Waals surface area contributed by atoms with Gasteiger partial charge in [0.25, 0.3) is 0 Å². The van der Waals surface area contributed by atoms with Gasteiger partial charge in [-0.1, -0.05) is 45.0 Å². The van der Waals surface area contributed by atoms with Crippen LogP contribution < -0.4 is 10.6 Å². The summed E-state index contributed by atoms with van der Waals surface area (Å²) in [5.41, 5.74) is 3.48. The SMILES string of the molecule is Cc1ncsc1-c1ccc(CNC(=O)[C@@H]2C[C@@H](O)CN2C(=O)C(NC(=O)CCOCCC(=O)OC(C)(C)C)C(C)(C)C)cc1. The highest BCUT2D eigenvalue weighted by Crippen LogP contribution is 2.28. The van der Waals surface area contributed by atoms with E-state index in [1.807, 2.05) is 57.5 Å². The Bertz CT molecular complexity index is 1300. The molecule has 0 aliphatic carbocycles. The first-order chi connectivity index (χ1) is 20.5. The molecule has 12 heteroatoms. The summed E-state index contributed by atoms with van der Waals surface area (Å²) < 4.78 is 10.7. The van der Waals surface area contributed by atoms with Crippen LogP contribution in [-0.2, 0) is 35.2 Å². The van der Waals surface area contributed by atoms with Crippen LogP contribution in [0.15, 0.2) is 29.8 Å². The molecule has 2 heterocycles. The van der Waals surface area contributed by atoms with Gasteiger partial charge in [0, 0.05) is 25.9 Å². The Morgan fingerprint density at radius 2 is 1.73 bits per heavy atom. The van der Waals surface area contributed by atoms with Crippen molar-refractivity contribution in [2.75, 3.05) is 19.8 Å². The first-order valence-electron chi connectivity index (χ1n) is 14.9. The van der Waals surface area contributed by atoms with Gasteiger partial charge in [-0.15, -0.1) is 11.3 Å². The normalized spacial score (nSPS) is 17.7. The first kappa shape index (κ1) is 35.1. The van der Waals surface area contributed by atoms with Gasteiger partial charge in [-0.25, -0.2) is 4.98 Å². The number of ether oxygens (including phenoxy) is 2. The summed E-state index contributed by atoms with van der Waals surface area (Å²) >= 11 is 1.57. The van der Waals surface area contributed by atoms with Crippen LogP contribution >= 0.6 is 11.3 Å². The highest BCUT2D eigenvalue weighted by atomic mass is 32.1. The summed E-state index contributed by atoms with van der Waals surface area (Å²) in [6.07, 6.45) is -0.688. The topological polar surface area (TPSA) is 147 Å². The van der Waals surface area contributed by atoms with Crippen molar-refractivity contribution in [3.63, 3.8) is 0 Å². The van der Waals surface area contributed by atoms with Crippen molar-refractivity contribution in [2.24, 2.45) is 5.41 Å². The summed E-state index contributed by atoms with van der Waals surface area (Å²) in [4.78, 5) is 58.3. The molecular formula is C32H46N4O7S. The number of likely N-dealkylation sites (tertiary alicyclic amines) is 1. The minimum Gasteiger partial charge on any atom is -0.460 e. The number of aliphatic hydroxyl groups is 1. The third kappa shape index (κ3) is 10.4. The number of nitrogens with zero attached hydrogens (tertiary/aromatic N) is 2. The lowest BCUT2D eigenvalue weighted by atomic mass is 9.85. The van der Waals surface area contributed by atoms with Crippen molar-refractivity contribution in [3.05, 3.63) is 41.0 Å². The quantitative estimate of drug-likeness (QED) is 0.239. The molecule has 3 atom stereocenters. The van der Waals surface area contributed by atoms with Crippen LogP contribution in [-0.4, -0.2) is 82.2 Å². The average Bonchev–Trinajstić information content (AvgIpc) is 3.53. The largest absolute Gasteiger partial charge is 0.460 e. The molecule has 1 aromatic heterocycles. The van der Waals surface area contributed by atoms with Crippen LogP contribution in [0.2, 0.25) is 0 Å². The van der Waals surface area contributed by atoms with Crippen molar-refractivity contribution in [2.45, 2.75) is 98.1 Å². The number of hydrogen-bond donors (Lipinski definition) is 3. The number of β-amino-alcohol motifs (C(OH)–C–C–N with tert-alkyl or cyclic N) is 1. The van der Waals surface area contributed by atoms with E-state index < -0.39 is 41.0 Å². The fraction of sp³-hybridized carbons (Fsp3) is 0.594. The Hall–Kier alpha value is -3.35. The third-order valence-corrected chi connectivity index (χ3v) is 8.03. The number of hydrogen-bond acceptors (Lipinski definition) is 9. The molecule has 0 bridgehead atoms. The molecule has 1 aliphatic heterocycles. The number of carbonyl (C=O) groups is 4. The Balaban J connectivity index is 1.54. The number of esters is 1. The van der Waals surface area contributed by atoms with Crippen molar-refractivity contribution >= 4 is 35.0 Å². The zero-order chi connectivity index (χ0) is 32.7. The average molecular weight is 631 g/mol. The van der Waals surface area contributed by atoms with Gasteiger partial charge in [-0.2, -0.15) is 0 Å². The number of benzene rings is 1. The summed E-state index contributed by atoms with van der Waals surface area (Å²) in [5, 5.41) is 16.1. The van der Waals surface area contributed by atoms with Crippen molar-refractivity contribution in [1.29, 1.82) is 0 Å². The zero-order valence-corrected chi connectivity index (χ0v) is 27.6. The predicted molar refractivity (Wildman–Crippen MR) is 168 cm³/mol. The summed E-state index contributed by atoms with van der Waals surface area (Å²) in [6, 6.07) is 6.05. The van der Waals surface area contributed by atoms with Crippen molar-refractivity contribution < 1.29 is 33.8 Å². The molecule has 0 saturated carbocycles.